The van der Waals surface area contributed by atoms with E-state index >= 15 is 0 Å². The molecule has 1 heterocycles. The third-order valence-electron chi connectivity index (χ3n) is 4.48. The zero-order valence-electron chi connectivity index (χ0n) is 16.1. The van der Waals surface area contributed by atoms with Crippen LogP contribution in [0.5, 0.6) is 5.75 Å². The lowest BCUT2D eigenvalue weighted by Crippen LogP contribution is -2.52. The Morgan fingerprint density at radius 2 is 2.07 bits per heavy atom. The van der Waals surface area contributed by atoms with Crippen molar-refractivity contribution in [2.75, 3.05) is 39.3 Å². The van der Waals surface area contributed by atoms with Gasteiger partial charge in [0, 0.05) is 44.7 Å². The minimum absolute atomic E-state index is 0.221. The molecule has 1 aromatic carbocycles. The van der Waals surface area contributed by atoms with E-state index in [1.54, 1.807) is 12.1 Å². The van der Waals surface area contributed by atoms with Gasteiger partial charge in [0.05, 0.1) is 12.7 Å². The highest BCUT2D eigenvalue weighted by atomic mass is 32.1. The standard InChI is InChI=1S/C20H28N4O2S/c1-16(2)7-14-26-18-6-3-5-17(15-18)19(25)22-20(27)24-12-10-23(11-13-24)9-4-8-21/h3,5-6,15-16H,4,7,9-14H2,1-2H3,(H,22,25,27). The van der Waals surface area contributed by atoms with E-state index in [1.807, 2.05) is 17.0 Å². The molecule has 1 N–H and O–H groups in total. The molecule has 0 spiro atoms. The number of rotatable bonds is 7. The Labute approximate surface area is 167 Å². The van der Waals surface area contributed by atoms with Gasteiger partial charge >= 0.3 is 0 Å². The minimum Gasteiger partial charge on any atom is -0.494 e. The van der Waals surface area contributed by atoms with Crippen molar-refractivity contribution < 1.29 is 9.53 Å². The Kier molecular flexibility index (Phi) is 8.49. The molecule has 0 atom stereocenters. The van der Waals surface area contributed by atoms with Crippen LogP contribution < -0.4 is 10.1 Å². The van der Waals surface area contributed by atoms with Crippen molar-refractivity contribution in [3.63, 3.8) is 0 Å². The highest BCUT2D eigenvalue weighted by Crippen LogP contribution is 2.15. The lowest BCUT2D eigenvalue weighted by molar-refractivity contribution is 0.0969. The van der Waals surface area contributed by atoms with Crippen molar-refractivity contribution in [2.24, 2.45) is 5.92 Å². The smallest absolute Gasteiger partial charge is 0.257 e. The summed E-state index contributed by atoms with van der Waals surface area (Å²) in [6, 6.07) is 9.35. The van der Waals surface area contributed by atoms with E-state index in [2.05, 4.69) is 30.1 Å². The number of benzene rings is 1. The molecular weight excluding hydrogens is 360 g/mol. The van der Waals surface area contributed by atoms with Gasteiger partial charge in [0.2, 0.25) is 0 Å². The predicted octanol–water partition coefficient (Wildman–Crippen LogP) is 2.66. The Morgan fingerprint density at radius 3 is 2.74 bits per heavy atom. The Bertz CT molecular complexity index is 679. The van der Waals surface area contributed by atoms with Gasteiger partial charge in [0.1, 0.15) is 5.75 Å². The zero-order valence-corrected chi connectivity index (χ0v) is 16.9. The molecule has 146 valence electrons. The third-order valence-corrected chi connectivity index (χ3v) is 4.84. The number of hydrogen-bond acceptors (Lipinski definition) is 5. The summed E-state index contributed by atoms with van der Waals surface area (Å²) < 4.78 is 5.72. The van der Waals surface area contributed by atoms with Crippen LogP contribution in [0.4, 0.5) is 0 Å². The first kappa shape index (κ1) is 21.1. The molecule has 0 saturated carbocycles. The number of nitrogens with zero attached hydrogens (tertiary/aromatic N) is 3. The molecule has 1 aromatic rings. The van der Waals surface area contributed by atoms with E-state index in [4.69, 9.17) is 22.2 Å². The molecule has 0 unspecified atom stereocenters. The first-order valence-corrected chi connectivity index (χ1v) is 9.83. The van der Waals surface area contributed by atoms with Gasteiger partial charge in [-0.1, -0.05) is 19.9 Å². The molecule has 27 heavy (non-hydrogen) atoms. The highest BCUT2D eigenvalue weighted by Gasteiger charge is 2.20. The largest absolute Gasteiger partial charge is 0.494 e. The summed E-state index contributed by atoms with van der Waals surface area (Å²) in [5.74, 6) is 1.05. The highest BCUT2D eigenvalue weighted by molar-refractivity contribution is 7.80. The summed E-state index contributed by atoms with van der Waals surface area (Å²) in [5, 5.41) is 11.9. The Hall–Kier alpha value is -2.17. The maximum absolute atomic E-state index is 12.5. The number of carbonyl (C=O) groups excluding carboxylic acids is 1. The van der Waals surface area contributed by atoms with Gasteiger partial charge < -0.3 is 9.64 Å². The van der Waals surface area contributed by atoms with Crippen LogP contribution in [0, 0.1) is 17.2 Å². The Morgan fingerprint density at radius 1 is 1.33 bits per heavy atom. The summed E-state index contributed by atoms with van der Waals surface area (Å²) in [4.78, 5) is 16.7. The van der Waals surface area contributed by atoms with Crippen LogP contribution in [0.3, 0.4) is 0 Å². The number of nitrogens with one attached hydrogen (secondary N) is 1. The molecule has 1 aliphatic rings. The van der Waals surface area contributed by atoms with Gasteiger partial charge in [-0.05, 0) is 42.8 Å². The van der Waals surface area contributed by atoms with Crippen LogP contribution in [-0.2, 0) is 0 Å². The maximum atomic E-state index is 12.5. The predicted molar refractivity (Wildman–Crippen MR) is 110 cm³/mol. The normalized spacial score (nSPS) is 14.7. The first-order chi connectivity index (χ1) is 13.0. The molecule has 0 aliphatic carbocycles. The number of ether oxygens (including phenoxy) is 1. The number of hydrogen-bond donors (Lipinski definition) is 1. The molecule has 1 fully saturated rings. The quantitative estimate of drug-likeness (QED) is 0.725. The van der Waals surface area contributed by atoms with E-state index in [1.165, 1.54) is 0 Å². The molecule has 7 heteroatoms. The molecule has 0 bridgehead atoms. The van der Waals surface area contributed by atoms with E-state index < -0.39 is 0 Å². The lowest BCUT2D eigenvalue weighted by Gasteiger charge is -2.35. The summed E-state index contributed by atoms with van der Waals surface area (Å²) in [7, 11) is 0. The van der Waals surface area contributed by atoms with E-state index in [9.17, 15) is 4.79 Å². The second-order valence-corrected chi connectivity index (χ2v) is 7.44. The monoisotopic (exact) mass is 388 g/mol. The summed E-state index contributed by atoms with van der Waals surface area (Å²) in [5.41, 5.74) is 0.534. The fourth-order valence-electron chi connectivity index (χ4n) is 2.77. The van der Waals surface area contributed by atoms with E-state index in [-0.39, 0.29) is 5.91 Å². The molecule has 6 nitrogen and oxygen atoms in total. The van der Waals surface area contributed by atoms with Crippen LogP contribution >= 0.6 is 12.2 Å². The minimum atomic E-state index is -0.221. The molecule has 1 saturated heterocycles. The van der Waals surface area contributed by atoms with Crippen molar-refractivity contribution >= 4 is 23.2 Å². The van der Waals surface area contributed by atoms with Crippen molar-refractivity contribution in [2.45, 2.75) is 26.7 Å². The van der Waals surface area contributed by atoms with Crippen LogP contribution in [0.2, 0.25) is 0 Å². The number of nitriles is 1. The fourth-order valence-corrected chi connectivity index (χ4v) is 3.05. The third kappa shape index (κ3) is 7.16. The molecule has 1 aliphatic heterocycles. The zero-order chi connectivity index (χ0) is 19.6. The maximum Gasteiger partial charge on any atom is 0.257 e. The van der Waals surface area contributed by atoms with Crippen LogP contribution in [0.1, 0.15) is 37.0 Å². The fraction of sp³-hybridized carbons (Fsp3) is 0.550. The summed E-state index contributed by atoms with van der Waals surface area (Å²) >= 11 is 5.40. The average molecular weight is 389 g/mol. The molecular formula is C20H28N4O2S. The van der Waals surface area contributed by atoms with Gasteiger partial charge in [-0.25, -0.2) is 0 Å². The summed E-state index contributed by atoms with van der Waals surface area (Å²) in [6.45, 7) is 8.92. The summed E-state index contributed by atoms with van der Waals surface area (Å²) in [6.07, 6.45) is 1.51. The van der Waals surface area contributed by atoms with Crippen LogP contribution in [0.15, 0.2) is 24.3 Å². The number of piperazine rings is 1. The van der Waals surface area contributed by atoms with Gasteiger partial charge in [-0.2, -0.15) is 5.26 Å². The second-order valence-electron chi connectivity index (χ2n) is 7.05. The van der Waals surface area contributed by atoms with Gasteiger partial charge in [-0.15, -0.1) is 0 Å². The van der Waals surface area contributed by atoms with Crippen molar-refractivity contribution in [3.05, 3.63) is 29.8 Å². The SMILES string of the molecule is CC(C)CCOc1cccc(C(=O)NC(=S)N2CCN(CCC#N)CC2)c1. The second kappa shape index (κ2) is 10.9. The van der Waals surface area contributed by atoms with Gasteiger partial charge in [0.25, 0.3) is 5.91 Å². The van der Waals surface area contributed by atoms with Crippen molar-refractivity contribution in [1.82, 2.24) is 15.1 Å². The van der Waals surface area contributed by atoms with Gasteiger partial charge in [-0.3, -0.25) is 15.0 Å². The van der Waals surface area contributed by atoms with E-state index in [0.29, 0.717) is 35.4 Å². The van der Waals surface area contributed by atoms with Crippen molar-refractivity contribution in [3.8, 4) is 11.8 Å². The molecule has 0 aromatic heterocycles. The number of amides is 1. The topological polar surface area (TPSA) is 68.6 Å². The Balaban J connectivity index is 1.82. The molecule has 1 amide bonds. The average Bonchev–Trinajstić information content (AvgIpc) is 2.66. The lowest BCUT2D eigenvalue weighted by atomic mass is 10.1. The first-order valence-electron chi connectivity index (χ1n) is 9.42. The molecule has 2 rings (SSSR count). The van der Waals surface area contributed by atoms with Crippen LogP contribution in [0.25, 0.3) is 0 Å². The van der Waals surface area contributed by atoms with E-state index in [0.717, 1.165) is 39.1 Å². The van der Waals surface area contributed by atoms with Gasteiger partial charge in [0.15, 0.2) is 5.11 Å². The van der Waals surface area contributed by atoms with Crippen molar-refractivity contribution in [1.29, 1.82) is 5.26 Å². The van der Waals surface area contributed by atoms with Crippen LogP contribution in [-0.4, -0.2) is 60.2 Å². The number of thiocarbonyl (C=S) groups is 1. The number of carbonyl (C=O) groups is 1. The molecule has 0 radical (unpaired) electrons.